The Hall–Kier alpha value is -2.74. The van der Waals surface area contributed by atoms with Gasteiger partial charge >= 0.3 is 0 Å². The first-order valence-corrected chi connectivity index (χ1v) is 9.21. The van der Waals surface area contributed by atoms with E-state index in [9.17, 15) is 14.4 Å². The van der Waals surface area contributed by atoms with Gasteiger partial charge in [0.2, 0.25) is 5.91 Å². The summed E-state index contributed by atoms with van der Waals surface area (Å²) in [5, 5.41) is 1.84. The minimum Gasteiger partial charge on any atom is -0.327 e. The molecule has 0 bridgehead atoms. The lowest BCUT2D eigenvalue weighted by atomic mass is 9.98. The first-order valence-electron chi connectivity index (χ1n) is 8.33. The molecule has 2 aromatic rings. The van der Waals surface area contributed by atoms with Gasteiger partial charge in [0.1, 0.15) is 12.2 Å². The topological polar surface area (TPSA) is 75.0 Å². The molecule has 1 fully saturated rings. The van der Waals surface area contributed by atoms with E-state index >= 15 is 0 Å². The molecule has 4 rings (SSSR count). The molecule has 2 aliphatic rings. The van der Waals surface area contributed by atoms with E-state index in [2.05, 4.69) is 4.99 Å². The van der Waals surface area contributed by atoms with Gasteiger partial charge in [-0.1, -0.05) is 12.1 Å². The highest BCUT2D eigenvalue weighted by Crippen LogP contribution is 2.43. The minimum absolute atomic E-state index is 0.0357. The summed E-state index contributed by atoms with van der Waals surface area (Å²) in [7, 11) is 1.81. The van der Waals surface area contributed by atoms with Crippen molar-refractivity contribution in [1.82, 2.24) is 9.47 Å². The number of thiazole rings is 1. The molecule has 1 unspecified atom stereocenters. The number of aromatic nitrogens is 1. The second-order valence-electron chi connectivity index (χ2n) is 6.66. The predicted octanol–water partition coefficient (Wildman–Crippen LogP) is 1.51. The molecule has 134 valence electrons. The van der Waals surface area contributed by atoms with E-state index in [1.807, 2.05) is 31.6 Å². The molecule has 3 heterocycles. The summed E-state index contributed by atoms with van der Waals surface area (Å²) in [6, 6.07) is 7.04. The Balaban J connectivity index is 1.74. The fraction of sp³-hybridized carbons (Fsp3) is 0.333. The Bertz CT molecular complexity index is 992. The highest BCUT2D eigenvalue weighted by molar-refractivity contribution is 7.07. The Kier molecular flexibility index (Phi) is 3.80. The first kappa shape index (κ1) is 16.7. The largest absolute Gasteiger partial charge is 0.327 e. The number of hydrogen-bond acceptors (Lipinski definition) is 4. The van der Waals surface area contributed by atoms with Crippen molar-refractivity contribution in [2.24, 2.45) is 12.0 Å². The fourth-order valence-corrected chi connectivity index (χ4v) is 4.40. The van der Waals surface area contributed by atoms with Crippen LogP contribution >= 0.6 is 11.3 Å². The summed E-state index contributed by atoms with van der Waals surface area (Å²) in [4.78, 5) is 45.9. The van der Waals surface area contributed by atoms with Crippen molar-refractivity contribution < 1.29 is 14.4 Å². The number of fused-ring (bicyclic) bond motifs is 3. The molecule has 1 aromatic heterocycles. The first-order chi connectivity index (χ1) is 12.4. The third-order valence-corrected chi connectivity index (χ3v) is 5.87. The molecule has 1 aromatic carbocycles. The van der Waals surface area contributed by atoms with Crippen molar-refractivity contribution in [2.45, 2.75) is 25.4 Å². The van der Waals surface area contributed by atoms with E-state index in [4.69, 9.17) is 0 Å². The fourth-order valence-electron chi connectivity index (χ4n) is 3.65. The van der Waals surface area contributed by atoms with Crippen molar-refractivity contribution >= 4 is 34.7 Å². The maximum Gasteiger partial charge on any atom is 0.268 e. The number of amides is 3. The lowest BCUT2D eigenvalue weighted by Crippen LogP contribution is -2.63. The number of rotatable bonds is 2. The molecular formula is C18H18N4O3S. The molecule has 0 spiro atoms. The third-order valence-electron chi connectivity index (χ3n) is 5.02. The van der Waals surface area contributed by atoms with Crippen LogP contribution in [-0.4, -0.2) is 39.4 Å². The Morgan fingerprint density at radius 3 is 2.81 bits per heavy atom. The number of benzene rings is 1. The third kappa shape index (κ3) is 2.40. The van der Waals surface area contributed by atoms with Crippen molar-refractivity contribution in [3.8, 4) is 0 Å². The number of anilines is 1. The molecule has 26 heavy (non-hydrogen) atoms. The van der Waals surface area contributed by atoms with E-state index in [0.29, 0.717) is 28.9 Å². The second kappa shape index (κ2) is 5.91. The van der Waals surface area contributed by atoms with Crippen LogP contribution in [0.15, 0.2) is 40.8 Å². The van der Waals surface area contributed by atoms with E-state index in [-0.39, 0.29) is 18.4 Å². The maximum absolute atomic E-state index is 13.1. The number of nitrogens with zero attached hydrogens (tertiary/aromatic N) is 4. The van der Waals surface area contributed by atoms with Crippen LogP contribution in [0.2, 0.25) is 0 Å². The quantitative estimate of drug-likeness (QED) is 0.804. The van der Waals surface area contributed by atoms with Gasteiger partial charge in [0, 0.05) is 25.0 Å². The van der Waals surface area contributed by atoms with Gasteiger partial charge in [-0.3, -0.25) is 19.3 Å². The predicted molar refractivity (Wildman–Crippen MR) is 96.5 cm³/mol. The SMILES string of the molecule is Cn1ccsc1=NC(=O)CN1C(=O)c2ccccc2N2C(=O)CCC12C. The standard InChI is InChI=1S/C18H18N4O3S/c1-18-8-7-15(24)22(18)13-6-4-3-5-12(13)16(25)21(18)11-14(23)19-17-20(2)9-10-26-17/h3-6,9-10H,7-8,11H2,1-2H3. The lowest BCUT2D eigenvalue weighted by molar-refractivity contribution is -0.121. The molecule has 0 radical (unpaired) electrons. The molecule has 0 aliphatic carbocycles. The van der Waals surface area contributed by atoms with E-state index in [1.54, 1.807) is 27.7 Å². The van der Waals surface area contributed by atoms with Crippen molar-refractivity contribution in [1.29, 1.82) is 0 Å². The smallest absolute Gasteiger partial charge is 0.268 e. The highest BCUT2D eigenvalue weighted by atomic mass is 32.1. The van der Waals surface area contributed by atoms with Crippen molar-refractivity contribution in [3.05, 3.63) is 46.2 Å². The van der Waals surface area contributed by atoms with Crippen LogP contribution < -0.4 is 9.70 Å². The Morgan fingerprint density at radius 2 is 2.08 bits per heavy atom. The van der Waals surface area contributed by atoms with Crippen LogP contribution in [-0.2, 0) is 16.6 Å². The molecule has 7 nitrogen and oxygen atoms in total. The van der Waals surface area contributed by atoms with Gasteiger partial charge in [0.25, 0.3) is 11.8 Å². The molecule has 0 saturated carbocycles. The zero-order valence-electron chi connectivity index (χ0n) is 14.5. The summed E-state index contributed by atoms with van der Waals surface area (Å²) < 4.78 is 1.75. The minimum atomic E-state index is -0.842. The van der Waals surface area contributed by atoms with Gasteiger partial charge in [0.15, 0.2) is 4.80 Å². The van der Waals surface area contributed by atoms with Crippen LogP contribution in [0.4, 0.5) is 5.69 Å². The molecule has 3 amide bonds. The monoisotopic (exact) mass is 370 g/mol. The van der Waals surface area contributed by atoms with Gasteiger partial charge in [-0.15, -0.1) is 11.3 Å². The molecule has 0 N–H and O–H groups in total. The van der Waals surface area contributed by atoms with Crippen LogP contribution in [0.25, 0.3) is 0 Å². The average molecular weight is 370 g/mol. The van der Waals surface area contributed by atoms with Crippen molar-refractivity contribution in [2.75, 3.05) is 11.4 Å². The van der Waals surface area contributed by atoms with E-state index in [0.717, 1.165) is 0 Å². The molecule has 1 saturated heterocycles. The number of carbonyl (C=O) groups excluding carboxylic acids is 3. The van der Waals surface area contributed by atoms with Gasteiger partial charge in [-0.2, -0.15) is 4.99 Å². The summed E-state index contributed by atoms with van der Waals surface area (Å²) in [5.41, 5.74) is 0.216. The molecule has 2 aliphatic heterocycles. The number of aryl methyl sites for hydroxylation is 1. The number of carbonyl (C=O) groups is 3. The zero-order valence-corrected chi connectivity index (χ0v) is 15.3. The summed E-state index contributed by atoms with van der Waals surface area (Å²) >= 11 is 1.36. The van der Waals surface area contributed by atoms with Crippen molar-refractivity contribution in [3.63, 3.8) is 0 Å². The molecular weight excluding hydrogens is 352 g/mol. The van der Waals surface area contributed by atoms with Gasteiger partial charge in [-0.05, 0) is 25.5 Å². The zero-order chi connectivity index (χ0) is 18.5. The summed E-state index contributed by atoms with van der Waals surface area (Å²) in [6.07, 6.45) is 2.66. The molecule has 1 atom stereocenters. The number of para-hydroxylation sites is 1. The average Bonchev–Trinajstić information content (AvgIpc) is 3.15. The maximum atomic E-state index is 13.1. The second-order valence-corrected chi connectivity index (χ2v) is 7.53. The van der Waals surface area contributed by atoms with Gasteiger partial charge < -0.3 is 9.47 Å². The van der Waals surface area contributed by atoms with Crippen LogP contribution in [0.1, 0.15) is 30.1 Å². The highest BCUT2D eigenvalue weighted by Gasteiger charge is 2.53. The normalized spacial score (nSPS) is 22.6. The summed E-state index contributed by atoms with van der Waals surface area (Å²) in [5.74, 6) is -0.684. The van der Waals surface area contributed by atoms with E-state index < -0.39 is 11.6 Å². The number of hydrogen-bond donors (Lipinski definition) is 0. The Labute approximate surface area is 154 Å². The molecule has 8 heteroatoms. The Morgan fingerprint density at radius 1 is 1.31 bits per heavy atom. The van der Waals surface area contributed by atoms with Gasteiger partial charge in [0.05, 0.1) is 11.3 Å². The van der Waals surface area contributed by atoms with Crippen LogP contribution in [0.3, 0.4) is 0 Å². The van der Waals surface area contributed by atoms with Crippen LogP contribution in [0.5, 0.6) is 0 Å². The van der Waals surface area contributed by atoms with Gasteiger partial charge in [-0.25, -0.2) is 0 Å². The lowest BCUT2D eigenvalue weighted by Gasteiger charge is -2.48. The van der Waals surface area contributed by atoms with Crippen LogP contribution in [0, 0.1) is 0 Å². The summed E-state index contributed by atoms with van der Waals surface area (Å²) in [6.45, 7) is 1.68. The van der Waals surface area contributed by atoms with E-state index in [1.165, 1.54) is 16.2 Å².